The number of para-hydroxylation sites is 2. The summed E-state index contributed by atoms with van der Waals surface area (Å²) >= 11 is 0. The first-order chi connectivity index (χ1) is 10.8. The standard InChI is InChI=1S/C17H21N5/c1-21-15-5-3-2-4-14(15)20-17(21)11-18-10-13-6-7-16-19-8-9-22(16)12-13/h2-5,8-9,13,18H,6-7,10-12H2,1H3/t13-/m0/s1. The zero-order valence-corrected chi connectivity index (χ0v) is 12.9. The number of nitrogens with zero attached hydrogens (tertiary/aromatic N) is 4. The highest BCUT2D eigenvalue weighted by Crippen LogP contribution is 2.18. The molecule has 0 saturated carbocycles. The van der Waals surface area contributed by atoms with Crippen LogP contribution in [0.2, 0.25) is 0 Å². The summed E-state index contributed by atoms with van der Waals surface area (Å²) < 4.78 is 4.46. The fourth-order valence-corrected chi connectivity index (χ4v) is 3.35. The van der Waals surface area contributed by atoms with Gasteiger partial charge in [0.05, 0.1) is 17.6 Å². The number of imidazole rings is 2. The van der Waals surface area contributed by atoms with Crippen LogP contribution in [0.1, 0.15) is 18.1 Å². The molecule has 1 N–H and O–H groups in total. The normalized spacial score (nSPS) is 17.8. The zero-order chi connectivity index (χ0) is 14.9. The lowest BCUT2D eigenvalue weighted by atomic mass is 9.99. The van der Waals surface area contributed by atoms with Crippen LogP contribution in [-0.4, -0.2) is 25.6 Å². The first-order valence-electron chi connectivity index (χ1n) is 7.92. The second kappa shape index (κ2) is 5.57. The summed E-state index contributed by atoms with van der Waals surface area (Å²) in [5.74, 6) is 3.00. The average molecular weight is 295 g/mol. The number of fused-ring (bicyclic) bond motifs is 2. The van der Waals surface area contributed by atoms with Crippen LogP contribution in [0.3, 0.4) is 0 Å². The molecule has 114 valence electrons. The molecule has 0 fully saturated rings. The predicted molar refractivity (Wildman–Crippen MR) is 86.5 cm³/mol. The Bertz CT molecular complexity index is 785. The minimum atomic E-state index is 0.677. The molecule has 1 aliphatic rings. The number of hydrogen-bond acceptors (Lipinski definition) is 3. The largest absolute Gasteiger partial charge is 0.335 e. The van der Waals surface area contributed by atoms with Gasteiger partial charge in [0, 0.05) is 39.0 Å². The Kier molecular flexibility index (Phi) is 3.42. The van der Waals surface area contributed by atoms with E-state index in [0.29, 0.717) is 5.92 Å². The van der Waals surface area contributed by atoms with E-state index in [0.717, 1.165) is 37.4 Å². The molecule has 4 rings (SSSR count). The van der Waals surface area contributed by atoms with Crippen LogP contribution >= 0.6 is 0 Å². The molecule has 3 heterocycles. The highest BCUT2D eigenvalue weighted by Gasteiger charge is 2.18. The van der Waals surface area contributed by atoms with E-state index in [1.807, 2.05) is 12.3 Å². The predicted octanol–water partition coefficient (Wildman–Crippen LogP) is 2.12. The van der Waals surface area contributed by atoms with Crippen LogP contribution in [0.5, 0.6) is 0 Å². The van der Waals surface area contributed by atoms with Crippen molar-refractivity contribution in [1.82, 2.24) is 24.4 Å². The molecule has 0 spiro atoms. The summed E-state index contributed by atoms with van der Waals surface area (Å²) in [5.41, 5.74) is 2.27. The molecular formula is C17H21N5. The third-order valence-corrected chi connectivity index (χ3v) is 4.63. The van der Waals surface area contributed by atoms with Crippen molar-refractivity contribution in [2.45, 2.75) is 25.9 Å². The van der Waals surface area contributed by atoms with Crippen molar-refractivity contribution in [2.24, 2.45) is 13.0 Å². The van der Waals surface area contributed by atoms with Gasteiger partial charge in [-0.3, -0.25) is 0 Å². The van der Waals surface area contributed by atoms with Gasteiger partial charge < -0.3 is 14.5 Å². The van der Waals surface area contributed by atoms with Gasteiger partial charge in [0.15, 0.2) is 0 Å². The topological polar surface area (TPSA) is 47.7 Å². The zero-order valence-electron chi connectivity index (χ0n) is 12.9. The molecular weight excluding hydrogens is 274 g/mol. The van der Waals surface area contributed by atoms with Gasteiger partial charge >= 0.3 is 0 Å². The van der Waals surface area contributed by atoms with Crippen molar-refractivity contribution < 1.29 is 0 Å². The van der Waals surface area contributed by atoms with Crippen molar-refractivity contribution in [3.8, 4) is 0 Å². The number of aryl methyl sites for hydroxylation is 2. The minimum absolute atomic E-state index is 0.677. The van der Waals surface area contributed by atoms with Gasteiger partial charge in [-0.2, -0.15) is 0 Å². The van der Waals surface area contributed by atoms with E-state index in [1.54, 1.807) is 0 Å². The van der Waals surface area contributed by atoms with Crippen LogP contribution in [0.4, 0.5) is 0 Å². The van der Waals surface area contributed by atoms with Crippen LogP contribution in [-0.2, 0) is 26.6 Å². The monoisotopic (exact) mass is 295 g/mol. The quantitative estimate of drug-likeness (QED) is 0.802. The molecule has 5 heteroatoms. The van der Waals surface area contributed by atoms with Crippen molar-refractivity contribution in [3.63, 3.8) is 0 Å². The molecule has 2 aromatic heterocycles. The van der Waals surface area contributed by atoms with Crippen molar-refractivity contribution >= 4 is 11.0 Å². The summed E-state index contributed by atoms with van der Waals surface area (Å²) in [6, 6.07) is 8.29. The lowest BCUT2D eigenvalue weighted by molar-refractivity contribution is 0.346. The van der Waals surface area contributed by atoms with Crippen molar-refractivity contribution in [1.29, 1.82) is 0 Å². The van der Waals surface area contributed by atoms with Crippen LogP contribution in [0, 0.1) is 5.92 Å². The SMILES string of the molecule is Cn1c(CNC[C@@H]2CCc3nccn3C2)nc2ccccc21. The van der Waals surface area contributed by atoms with Gasteiger partial charge in [-0.15, -0.1) is 0 Å². The van der Waals surface area contributed by atoms with E-state index >= 15 is 0 Å². The Balaban J connectivity index is 1.38. The smallest absolute Gasteiger partial charge is 0.123 e. The molecule has 0 bridgehead atoms. The Hall–Kier alpha value is -2.14. The lowest BCUT2D eigenvalue weighted by Crippen LogP contribution is -2.30. The van der Waals surface area contributed by atoms with Gasteiger partial charge in [-0.05, 0) is 24.5 Å². The highest BCUT2D eigenvalue weighted by molar-refractivity contribution is 5.75. The van der Waals surface area contributed by atoms with E-state index < -0.39 is 0 Å². The third kappa shape index (κ3) is 2.41. The first kappa shape index (κ1) is 13.5. The molecule has 0 aliphatic carbocycles. The van der Waals surface area contributed by atoms with Gasteiger partial charge in [0.25, 0.3) is 0 Å². The Morgan fingerprint density at radius 3 is 3.14 bits per heavy atom. The van der Waals surface area contributed by atoms with E-state index in [2.05, 4.69) is 50.9 Å². The molecule has 1 aliphatic heterocycles. The second-order valence-corrected chi connectivity index (χ2v) is 6.11. The summed E-state index contributed by atoms with van der Waals surface area (Å²) in [7, 11) is 2.09. The van der Waals surface area contributed by atoms with Crippen LogP contribution in [0.15, 0.2) is 36.7 Å². The van der Waals surface area contributed by atoms with E-state index in [4.69, 9.17) is 4.98 Å². The van der Waals surface area contributed by atoms with E-state index in [-0.39, 0.29) is 0 Å². The lowest BCUT2D eigenvalue weighted by Gasteiger charge is -2.24. The maximum Gasteiger partial charge on any atom is 0.123 e. The number of nitrogens with one attached hydrogen (secondary N) is 1. The summed E-state index contributed by atoms with van der Waals surface area (Å²) in [5, 5.41) is 3.58. The van der Waals surface area contributed by atoms with Crippen molar-refractivity contribution in [2.75, 3.05) is 6.54 Å². The van der Waals surface area contributed by atoms with Gasteiger partial charge in [0.2, 0.25) is 0 Å². The molecule has 1 aromatic carbocycles. The maximum absolute atomic E-state index is 4.71. The molecule has 1 atom stereocenters. The number of hydrogen-bond donors (Lipinski definition) is 1. The minimum Gasteiger partial charge on any atom is -0.335 e. The molecule has 0 saturated heterocycles. The Labute approximate surface area is 130 Å². The van der Waals surface area contributed by atoms with Gasteiger partial charge in [-0.1, -0.05) is 12.1 Å². The Morgan fingerprint density at radius 2 is 2.23 bits per heavy atom. The number of rotatable bonds is 4. The summed E-state index contributed by atoms with van der Waals surface area (Å²) in [4.78, 5) is 9.09. The molecule has 5 nitrogen and oxygen atoms in total. The molecule has 0 amide bonds. The summed E-state index contributed by atoms with van der Waals surface area (Å²) in [6.07, 6.45) is 6.30. The first-order valence-corrected chi connectivity index (χ1v) is 7.92. The number of aromatic nitrogens is 4. The van der Waals surface area contributed by atoms with Crippen LogP contribution in [0.25, 0.3) is 11.0 Å². The average Bonchev–Trinajstić information content (AvgIpc) is 3.12. The van der Waals surface area contributed by atoms with Crippen molar-refractivity contribution in [3.05, 3.63) is 48.3 Å². The molecule has 0 radical (unpaired) electrons. The van der Waals surface area contributed by atoms with Gasteiger partial charge in [0.1, 0.15) is 11.6 Å². The number of benzene rings is 1. The van der Waals surface area contributed by atoms with E-state index in [9.17, 15) is 0 Å². The van der Waals surface area contributed by atoms with Gasteiger partial charge in [-0.25, -0.2) is 9.97 Å². The molecule has 0 unspecified atom stereocenters. The van der Waals surface area contributed by atoms with E-state index in [1.165, 1.54) is 17.8 Å². The maximum atomic E-state index is 4.71. The fourth-order valence-electron chi connectivity index (χ4n) is 3.35. The summed E-state index contributed by atoms with van der Waals surface area (Å²) in [6.45, 7) is 2.92. The fraction of sp³-hybridized carbons (Fsp3) is 0.412. The second-order valence-electron chi connectivity index (χ2n) is 6.11. The molecule has 3 aromatic rings. The molecule has 22 heavy (non-hydrogen) atoms. The Morgan fingerprint density at radius 1 is 1.32 bits per heavy atom. The highest BCUT2D eigenvalue weighted by atomic mass is 15.1. The van der Waals surface area contributed by atoms with Crippen LogP contribution < -0.4 is 5.32 Å². The third-order valence-electron chi connectivity index (χ3n) is 4.63.